The number of nitro groups is 1. The van der Waals surface area contributed by atoms with E-state index in [0.717, 1.165) is 0 Å². The second-order valence-electron chi connectivity index (χ2n) is 3.10. The normalized spacial score (nSPS) is 10.6. The molecule has 0 bridgehead atoms. The van der Waals surface area contributed by atoms with E-state index in [1.165, 1.54) is 12.1 Å². The Bertz CT molecular complexity index is 404. The van der Waals surface area contributed by atoms with Crippen LogP contribution in [0.4, 0.5) is 11.4 Å². The van der Waals surface area contributed by atoms with Crippen molar-refractivity contribution in [1.29, 1.82) is 0 Å². The van der Waals surface area contributed by atoms with Gasteiger partial charge >= 0.3 is 0 Å². The predicted octanol–water partition coefficient (Wildman–Crippen LogP) is 2.47. The summed E-state index contributed by atoms with van der Waals surface area (Å²) in [4.78, 5) is 15.8. The van der Waals surface area contributed by atoms with Crippen LogP contribution < -0.4 is 0 Å². The first kappa shape index (κ1) is 11.5. The third-order valence-electron chi connectivity index (χ3n) is 1.57. The molecule has 80 valence electrons. The van der Waals surface area contributed by atoms with E-state index in [1.807, 2.05) is 14.1 Å². The molecule has 0 spiro atoms. The Morgan fingerprint density at radius 3 is 2.67 bits per heavy atom. The Morgan fingerprint density at radius 2 is 2.20 bits per heavy atom. The van der Waals surface area contributed by atoms with Crippen LogP contribution >= 0.6 is 11.6 Å². The van der Waals surface area contributed by atoms with E-state index >= 15 is 0 Å². The van der Waals surface area contributed by atoms with Crippen LogP contribution in [0.15, 0.2) is 23.2 Å². The van der Waals surface area contributed by atoms with Gasteiger partial charge in [0.2, 0.25) is 0 Å². The smallest absolute Gasteiger partial charge is 0.288 e. The Labute approximate surface area is 92.1 Å². The van der Waals surface area contributed by atoms with Gasteiger partial charge in [0.15, 0.2) is 0 Å². The molecule has 0 aromatic heterocycles. The number of benzene rings is 1. The molecule has 0 heterocycles. The van der Waals surface area contributed by atoms with Crippen LogP contribution in [0.2, 0.25) is 5.02 Å². The van der Waals surface area contributed by atoms with Gasteiger partial charge in [-0.3, -0.25) is 10.1 Å². The number of halogens is 1. The Balaban J connectivity index is 2.97. The standard InChI is InChI=1S/C9H10ClN3O2/c1-12(2)6-11-7-3-4-9(13(14)15)8(10)5-7/h3-6H,1-2H3. The first-order chi connectivity index (χ1) is 7.00. The minimum Gasteiger partial charge on any atom is -0.369 e. The summed E-state index contributed by atoms with van der Waals surface area (Å²) in [6.45, 7) is 0. The molecule has 0 aliphatic rings. The Morgan fingerprint density at radius 1 is 1.53 bits per heavy atom. The van der Waals surface area contributed by atoms with Gasteiger partial charge in [0.25, 0.3) is 5.69 Å². The number of rotatable bonds is 3. The highest BCUT2D eigenvalue weighted by molar-refractivity contribution is 6.32. The van der Waals surface area contributed by atoms with Gasteiger partial charge in [-0.2, -0.15) is 0 Å². The van der Waals surface area contributed by atoms with Gasteiger partial charge in [-0.25, -0.2) is 4.99 Å². The number of hydrogen-bond acceptors (Lipinski definition) is 3. The lowest BCUT2D eigenvalue weighted by molar-refractivity contribution is -0.384. The quantitative estimate of drug-likeness (QED) is 0.345. The zero-order valence-electron chi connectivity index (χ0n) is 8.35. The van der Waals surface area contributed by atoms with Crippen LogP contribution in [-0.4, -0.2) is 30.3 Å². The number of hydrogen-bond donors (Lipinski definition) is 0. The molecule has 0 N–H and O–H groups in total. The van der Waals surface area contributed by atoms with Crippen molar-refractivity contribution in [3.05, 3.63) is 33.3 Å². The zero-order valence-corrected chi connectivity index (χ0v) is 9.10. The molecule has 0 amide bonds. The average Bonchev–Trinajstić information content (AvgIpc) is 2.14. The second-order valence-corrected chi connectivity index (χ2v) is 3.51. The molecule has 6 heteroatoms. The SMILES string of the molecule is CN(C)C=Nc1ccc([N+](=O)[O-])c(Cl)c1. The molecule has 0 unspecified atom stereocenters. The second kappa shape index (κ2) is 4.75. The number of nitrogens with zero attached hydrogens (tertiary/aromatic N) is 3. The lowest BCUT2D eigenvalue weighted by Gasteiger charge is -2.02. The van der Waals surface area contributed by atoms with Crippen LogP contribution in [0.1, 0.15) is 0 Å². The van der Waals surface area contributed by atoms with Crippen molar-refractivity contribution in [1.82, 2.24) is 4.90 Å². The molecule has 15 heavy (non-hydrogen) atoms. The highest BCUT2D eigenvalue weighted by Gasteiger charge is 2.11. The van der Waals surface area contributed by atoms with Crippen LogP contribution in [-0.2, 0) is 0 Å². The van der Waals surface area contributed by atoms with Gasteiger partial charge in [0.05, 0.1) is 16.9 Å². The van der Waals surface area contributed by atoms with Gasteiger partial charge in [0, 0.05) is 20.2 Å². The summed E-state index contributed by atoms with van der Waals surface area (Å²) in [7, 11) is 3.66. The van der Waals surface area contributed by atoms with E-state index in [2.05, 4.69) is 4.99 Å². The molecular formula is C9H10ClN3O2. The van der Waals surface area contributed by atoms with Gasteiger partial charge < -0.3 is 4.90 Å². The molecule has 0 saturated carbocycles. The summed E-state index contributed by atoms with van der Waals surface area (Å²) in [6, 6.07) is 4.34. The van der Waals surface area contributed by atoms with Crippen molar-refractivity contribution in [3.8, 4) is 0 Å². The number of nitro benzene ring substituents is 1. The molecule has 1 aromatic rings. The Kier molecular flexibility index (Phi) is 3.62. The highest BCUT2D eigenvalue weighted by Crippen LogP contribution is 2.28. The van der Waals surface area contributed by atoms with E-state index in [-0.39, 0.29) is 10.7 Å². The van der Waals surface area contributed by atoms with Crippen molar-refractivity contribution in [2.75, 3.05) is 14.1 Å². The van der Waals surface area contributed by atoms with Crippen molar-refractivity contribution < 1.29 is 4.92 Å². The summed E-state index contributed by atoms with van der Waals surface area (Å²) in [5.41, 5.74) is 0.472. The molecule has 1 aromatic carbocycles. The maximum absolute atomic E-state index is 10.5. The topological polar surface area (TPSA) is 58.7 Å². The molecule has 0 aliphatic heterocycles. The van der Waals surface area contributed by atoms with Gasteiger partial charge in [-0.05, 0) is 12.1 Å². The molecular weight excluding hydrogens is 218 g/mol. The fourth-order valence-electron chi connectivity index (χ4n) is 0.906. The van der Waals surface area contributed by atoms with Crippen LogP contribution in [0.3, 0.4) is 0 Å². The van der Waals surface area contributed by atoms with E-state index in [1.54, 1.807) is 17.3 Å². The van der Waals surface area contributed by atoms with Gasteiger partial charge in [-0.15, -0.1) is 0 Å². The average molecular weight is 228 g/mol. The first-order valence-corrected chi connectivity index (χ1v) is 4.53. The Hall–Kier alpha value is -1.62. The summed E-state index contributed by atoms with van der Waals surface area (Å²) < 4.78 is 0. The third-order valence-corrected chi connectivity index (χ3v) is 1.87. The van der Waals surface area contributed by atoms with E-state index < -0.39 is 4.92 Å². The lowest BCUT2D eigenvalue weighted by Crippen LogP contribution is -2.06. The first-order valence-electron chi connectivity index (χ1n) is 4.15. The molecule has 0 aliphatic carbocycles. The van der Waals surface area contributed by atoms with Crippen molar-refractivity contribution in [2.45, 2.75) is 0 Å². The predicted molar refractivity (Wildman–Crippen MR) is 59.9 cm³/mol. The molecule has 1 rings (SSSR count). The molecule has 0 radical (unpaired) electrons. The van der Waals surface area contributed by atoms with Crippen molar-refractivity contribution in [3.63, 3.8) is 0 Å². The molecule has 0 atom stereocenters. The fraction of sp³-hybridized carbons (Fsp3) is 0.222. The maximum atomic E-state index is 10.5. The van der Waals surface area contributed by atoms with Crippen LogP contribution in [0, 0.1) is 10.1 Å². The summed E-state index contributed by atoms with van der Waals surface area (Å²) >= 11 is 5.71. The fourth-order valence-corrected chi connectivity index (χ4v) is 1.15. The summed E-state index contributed by atoms with van der Waals surface area (Å²) in [5, 5.41) is 10.6. The van der Waals surface area contributed by atoms with Crippen molar-refractivity contribution in [2.24, 2.45) is 4.99 Å². The third kappa shape index (κ3) is 3.21. The summed E-state index contributed by atoms with van der Waals surface area (Å²) in [5.74, 6) is 0. The monoisotopic (exact) mass is 227 g/mol. The molecule has 0 fully saturated rings. The maximum Gasteiger partial charge on any atom is 0.288 e. The minimum absolute atomic E-state index is 0.0911. The molecule has 5 nitrogen and oxygen atoms in total. The number of aliphatic imine (C=N–C) groups is 1. The van der Waals surface area contributed by atoms with Crippen LogP contribution in [0.5, 0.6) is 0 Å². The molecule has 0 saturated heterocycles. The van der Waals surface area contributed by atoms with Crippen molar-refractivity contribution >= 4 is 29.3 Å². The zero-order chi connectivity index (χ0) is 11.4. The van der Waals surface area contributed by atoms with Gasteiger partial charge in [0.1, 0.15) is 5.02 Å². The minimum atomic E-state index is -0.526. The van der Waals surface area contributed by atoms with E-state index in [9.17, 15) is 10.1 Å². The van der Waals surface area contributed by atoms with E-state index in [4.69, 9.17) is 11.6 Å². The lowest BCUT2D eigenvalue weighted by atomic mass is 10.3. The van der Waals surface area contributed by atoms with Crippen LogP contribution in [0.25, 0.3) is 0 Å². The summed E-state index contributed by atoms with van der Waals surface area (Å²) in [6.07, 6.45) is 1.59. The largest absolute Gasteiger partial charge is 0.369 e. The highest BCUT2D eigenvalue weighted by atomic mass is 35.5. The van der Waals surface area contributed by atoms with Gasteiger partial charge in [-0.1, -0.05) is 11.6 Å². The van der Waals surface area contributed by atoms with E-state index in [0.29, 0.717) is 5.69 Å².